The van der Waals surface area contributed by atoms with Crippen LogP contribution in [0, 0.1) is 0 Å². The molecule has 30 heavy (non-hydrogen) atoms. The van der Waals surface area contributed by atoms with Gasteiger partial charge >= 0.3 is 5.69 Å². The van der Waals surface area contributed by atoms with Gasteiger partial charge in [-0.1, -0.05) is 50.2 Å². The first kappa shape index (κ1) is 21.8. The third-order valence-electron chi connectivity index (χ3n) is 5.59. The minimum absolute atomic E-state index is 0.0515. The van der Waals surface area contributed by atoms with E-state index in [1.165, 1.54) is 5.56 Å². The predicted molar refractivity (Wildman–Crippen MR) is 121 cm³/mol. The molecule has 0 aliphatic heterocycles. The summed E-state index contributed by atoms with van der Waals surface area (Å²) in [6.07, 6.45) is 0.275. The number of nitrogens with zero attached hydrogens (tertiary/aromatic N) is 3. The average molecular weight is 409 g/mol. The van der Waals surface area contributed by atoms with E-state index in [1.54, 1.807) is 9.13 Å². The van der Waals surface area contributed by atoms with E-state index in [-0.39, 0.29) is 18.0 Å². The second-order valence-corrected chi connectivity index (χ2v) is 7.48. The van der Waals surface area contributed by atoms with Crippen molar-refractivity contribution < 1.29 is 4.79 Å². The monoisotopic (exact) mass is 408 g/mol. The van der Waals surface area contributed by atoms with Crippen molar-refractivity contribution in [3.8, 4) is 0 Å². The highest BCUT2D eigenvalue weighted by molar-refractivity contribution is 5.78. The van der Waals surface area contributed by atoms with Gasteiger partial charge in [0.2, 0.25) is 5.91 Å². The van der Waals surface area contributed by atoms with Gasteiger partial charge in [0.15, 0.2) is 0 Å². The Morgan fingerprint density at radius 1 is 0.933 bits per heavy atom. The number of carbonyl (C=O) groups excluding carboxylic acids is 1. The third-order valence-corrected chi connectivity index (χ3v) is 5.59. The van der Waals surface area contributed by atoms with Crippen molar-refractivity contribution in [2.75, 3.05) is 13.1 Å². The number of fused-ring (bicyclic) bond motifs is 1. The first-order chi connectivity index (χ1) is 14.6. The predicted octanol–water partition coefficient (Wildman–Crippen LogP) is 3.37. The molecule has 6 heteroatoms. The second-order valence-electron chi connectivity index (χ2n) is 7.48. The van der Waals surface area contributed by atoms with Crippen LogP contribution >= 0.6 is 0 Å². The zero-order chi connectivity index (χ0) is 21.5. The summed E-state index contributed by atoms with van der Waals surface area (Å²) in [7, 11) is 0. The van der Waals surface area contributed by atoms with Crippen LogP contribution in [0.1, 0.15) is 38.3 Å². The Morgan fingerprint density at radius 3 is 2.27 bits per heavy atom. The minimum Gasteiger partial charge on any atom is -0.352 e. The van der Waals surface area contributed by atoms with Gasteiger partial charge < -0.3 is 5.32 Å². The number of imidazole rings is 1. The summed E-state index contributed by atoms with van der Waals surface area (Å²) in [5.41, 5.74) is 4.07. The Balaban J connectivity index is 1.59. The zero-order valence-corrected chi connectivity index (χ0v) is 18.2. The number of rotatable bonds is 10. The second kappa shape index (κ2) is 10.3. The van der Waals surface area contributed by atoms with Gasteiger partial charge in [-0.15, -0.1) is 0 Å². The van der Waals surface area contributed by atoms with E-state index in [1.807, 2.05) is 43.3 Å². The largest absolute Gasteiger partial charge is 0.352 e. The van der Waals surface area contributed by atoms with E-state index in [0.29, 0.717) is 19.6 Å². The summed E-state index contributed by atoms with van der Waals surface area (Å²) in [5.74, 6) is -0.0515. The molecule has 0 unspecified atom stereocenters. The van der Waals surface area contributed by atoms with Crippen molar-refractivity contribution in [1.29, 1.82) is 0 Å². The molecule has 1 heterocycles. The Morgan fingerprint density at radius 2 is 1.60 bits per heavy atom. The van der Waals surface area contributed by atoms with Crippen LogP contribution < -0.4 is 11.0 Å². The van der Waals surface area contributed by atoms with Crippen LogP contribution in [0.15, 0.2) is 53.3 Å². The normalized spacial score (nSPS) is 11.3. The van der Waals surface area contributed by atoms with Gasteiger partial charge in [-0.2, -0.15) is 0 Å². The molecule has 3 rings (SSSR count). The summed E-state index contributed by atoms with van der Waals surface area (Å²) in [6.45, 7) is 10.7. The average Bonchev–Trinajstić information content (AvgIpc) is 3.05. The van der Waals surface area contributed by atoms with Crippen molar-refractivity contribution in [3.05, 3.63) is 70.1 Å². The quantitative estimate of drug-likeness (QED) is 0.560. The smallest absolute Gasteiger partial charge is 0.329 e. The van der Waals surface area contributed by atoms with E-state index in [2.05, 4.69) is 36.2 Å². The van der Waals surface area contributed by atoms with E-state index in [4.69, 9.17) is 0 Å². The van der Waals surface area contributed by atoms with Gasteiger partial charge in [-0.05, 0) is 43.3 Å². The zero-order valence-electron chi connectivity index (χ0n) is 18.2. The highest BCUT2D eigenvalue weighted by Gasteiger charge is 2.12. The molecule has 160 valence electrons. The summed E-state index contributed by atoms with van der Waals surface area (Å²) in [4.78, 5) is 27.5. The Kier molecular flexibility index (Phi) is 7.46. The van der Waals surface area contributed by atoms with Crippen molar-refractivity contribution in [1.82, 2.24) is 19.4 Å². The van der Waals surface area contributed by atoms with Crippen molar-refractivity contribution in [2.24, 2.45) is 0 Å². The van der Waals surface area contributed by atoms with Gasteiger partial charge in [0, 0.05) is 32.6 Å². The lowest BCUT2D eigenvalue weighted by Gasteiger charge is -2.18. The van der Waals surface area contributed by atoms with Crippen LogP contribution in [0.25, 0.3) is 11.0 Å². The Bertz CT molecular complexity index is 1050. The molecule has 0 bridgehead atoms. The summed E-state index contributed by atoms with van der Waals surface area (Å²) < 4.78 is 3.44. The molecule has 0 atom stereocenters. The van der Waals surface area contributed by atoms with Crippen LogP contribution in [0.3, 0.4) is 0 Å². The van der Waals surface area contributed by atoms with Gasteiger partial charge in [-0.25, -0.2) is 4.79 Å². The van der Waals surface area contributed by atoms with E-state index >= 15 is 0 Å². The fraction of sp³-hybridized carbons (Fsp3) is 0.417. The molecule has 1 N–H and O–H groups in total. The summed E-state index contributed by atoms with van der Waals surface area (Å²) in [6, 6.07) is 16.1. The SMILES string of the molecule is CCN(CC)Cc1cccc(CNC(=O)CCn2c(=O)n(CC)c3ccccc32)c1. The van der Waals surface area contributed by atoms with Crippen LogP contribution in [0.5, 0.6) is 0 Å². The maximum absolute atomic E-state index is 12.7. The van der Waals surface area contributed by atoms with Crippen molar-refractivity contribution in [3.63, 3.8) is 0 Å². The maximum atomic E-state index is 12.7. The van der Waals surface area contributed by atoms with Crippen LogP contribution in [0.2, 0.25) is 0 Å². The lowest BCUT2D eigenvalue weighted by Crippen LogP contribution is -2.28. The topological polar surface area (TPSA) is 59.3 Å². The molecule has 1 aromatic heterocycles. The van der Waals surface area contributed by atoms with Crippen molar-refractivity contribution >= 4 is 16.9 Å². The molecule has 0 saturated heterocycles. The number of aryl methyl sites for hydroxylation is 2. The van der Waals surface area contributed by atoms with E-state index in [0.717, 1.165) is 36.2 Å². The molecule has 2 aromatic carbocycles. The van der Waals surface area contributed by atoms with Gasteiger partial charge in [0.1, 0.15) is 0 Å². The van der Waals surface area contributed by atoms with E-state index < -0.39 is 0 Å². The van der Waals surface area contributed by atoms with Gasteiger partial charge in [-0.3, -0.25) is 18.8 Å². The molecule has 0 aliphatic carbocycles. The first-order valence-corrected chi connectivity index (χ1v) is 10.8. The van der Waals surface area contributed by atoms with E-state index in [9.17, 15) is 9.59 Å². The van der Waals surface area contributed by atoms with Gasteiger partial charge in [0.05, 0.1) is 11.0 Å². The molecule has 0 spiro atoms. The summed E-state index contributed by atoms with van der Waals surface area (Å²) in [5, 5.41) is 2.99. The van der Waals surface area contributed by atoms with Gasteiger partial charge in [0.25, 0.3) is 0 Å². The molecule has 0 saturated carbocycles. The highest BCUT2D eigenvalue weighted by Crippen LogP contribution is 2.13. The molecular weight excluding hydrogens is 376 g/mol. The molecule has 1 amide bonds. The highest BCUT2D eigenvalue weighted by atomic mass is 16.2. The van der Waals surface area contributed by atoms with Crippen LogP contribution in [-0.2, 0) is 31.0 Å². The molecule has 0 radical (unpaired) electrons. The van der Waals surface area contributed by atoms with Crippen LogP contribution in [0.4, 0.5) is 0 Å². The number of amides is 1. The Labute approximate surface area is 178 Å². The lowest BCUT2D eigenvalue weighted by atomic mass is 10.1. The molecule has 3 aromatic rings. The maximum Gasteiger partial charge on any atom is 0.329 e. The molecule has 0 fully saturated rings. The minimum atomic E-state index is -0.0596. The number of carbonyl (C=O) groups is 1. The molecular formula is C24H32N4O2. The lowest BCUT2D eigenvalue weighted by molar-refractivity contribution is -0.121. The number of benzene rings is 2. The number of aromatic nitrogens is 2. The number of nitrogens with one attached hydrogen (secondary N) is 1. The summed E-state index contributed by atoms with van der Waals surface area (Å²) >= 11 is 0. The fourth-order valence-electron chi connectivity index (χ4n) is 3.84. The van der Waals surface area contributed by atoms with Crippen molar-refractivity contribution in [2.45, 2.75) is 53.4 Å². The standard InChI is InChI=1S/C24H32N4O2/c1-4-26(5-2)18-20-11-9-10-19(16-20)17-25-23(29)14-15-28-22-13-8-7-12-21(22)27(6-3)24(28)30/h7-13,16H,4-6,14-15,17-18H2,1-3H3,(H,25,29). The number of hydrogen-bond donors (Lipinski definition) is 1. The molecule has 0 aliphatic rings. The third kappa shape index (κ3) is 5.00. The first-order valence-electron chi connectivity index (χ1n) is 10.8. The number of hydrogen-bond acceptors (Lipinski definition) is 3. The molecule has 6 nitrogen and oxygen atoms in total. The number of para-hydroxylation sites is 2. The van der Waals surface area contributed by atoms with Crippen LogP contribution in [-0.4, -0.2) is 33.0 Å². The Hall–Kier alpha value is -2.86. The fourth-order valence-corrected chi connectivity index (χ4v) is 3.84.